The zero-order chi connectivity index (χ0) is 21.6. The summed E-state index contributed by atoms with van der Waals surface area (Å²) in [5.74, 6) is -0.608. The molecule has 0 amide bonds. The smallest absolute Gasteiger partial charge is 0.194 e. The molecular formula is C21H19ClF2N2O3S. The van der Waals surface area contributed by atoms with Crippen LogP contribution in [-0.2, 0) is 27.4 Å². The molecule has 30 heavy (non-hydrogen) atoms. The number of aromatic nitrogens is 2. The first-order valence-electron chi connectivity index (χ1n) is 9.26. The molecule has 3 aromatic rings. The SMILES string of the molecule is Cc1[nH]c(C(OC2Cc3ccc(F)cc3C2)c2ccc(F)c(Cl)c2)nc1S(C)(=O)=O. The predicted octanol–water partition coefficient (Wildman–Crippen LogP) is 4.33. The van der Waals surface area contributed by atoms with E-state index in [1.807, 2.05) is 0 Å². The zero-order valence-corrected chi connectivity index (χ0v) is 17.8. The third kappa shape index (κ3) is 4.12. The van der Waals surface area contributed by atoms with Gasteiger partial charge < -0.3 is 9.72 Å². The minimum atomic E-state index is -3.54. The molecule has 4 rings (SSSR count). The summed E-state index contributed by atoms with van der Waals surface area (Å²) in [4.78, 5) is 7.23. The van der Waals surface area contributed by atoms with Gasteiger partial charge in [-0.05, 0) is 60.7 Å². The summed E-state index contributed by atoms with van der Waals surface area (Å²) < 4.78 is 57.6. The van der Waals surface area contributed by atoms with Crippen molar-refractivity contribution in [3.8, 4) is 0 Å². The number of hydrogen-bond donors (Lipinski definition) is 1. The van der Waals surface area contributed by atoms with Gasteiger partial charge in [-0.1, -0.05) is 23.7 Å². The van der Waals surface area contributed by atoms with E-state index >= 15 is 0 Å². The molecule has 1 N–H and O–H groups in total. The highest BCUT2D eigenvalue weighted by molar-refractivity contribution is 7.90. The standard InChI is InChI=1S/C21H19ClF2N2O3S/c1-11-21(30(2,27)28)26-20(25-11)19(13-4-6-18(24)17(22)10-13)29-16-8-12-3-5-15(23)7-14(12)9-16/h3-7,10,16,19H,8-9H2,1-2H3,(H,25,26). The first kappa shape index (κ1) is 21.0. The van der Waals surface area contributed by atoms with Crippen molar-refractivity contribution in [2.75, 3.05) is 6.26 Å². The Hall–Kier alpha value is -2.29. The fourth-order valence-electron chi connectivity index (χ4n) is 3.76. The fourth-order valence-corrected chi connectivity index (χ4v) is 4.82. The van der Waals surface area contributed by atoms with Crippen LogP contribution < -0.4 is 0 Å². The van der Waals surface area contributed by atoms with Gasteiger partial charge in [-0.25, -0.2) is 22.2 Å². The molecule has 1 aliphatic rings. The summed E-state index contributed by atoms with van der Waals surface area (Å²) >= 11 is 5.96. The van der Waals surface area contributed by atoms with Gasteiger partial charge in [0.25, 0.3) is 0 Å². The quantitative estimate of drug-likeness (QED) is 0.625. The summed E-state index contributed by atoms with van der Waals surface area (Å²) in [6.45, 7) is 1.61. The highest BCUT2D eigenvalue weighted by atomic mass is 35.5. The molecule has 0 saturated carbocycles. The van der Waals surface area contributed by atoms with E-state index in [1.165, 1.54) is 30.3 Å². The van der Waals surface area contributed by atoms with Crippen LogP contribution in [-0.4, -0.2) is 30.7 Å². The molecule has 2 atom stereocenters. The molecule has 0 spiro atoms. The molecule has 0 fully saturated rings. The van der Waals surface area contributed by atoms with Crippen LogP contribution in [0.25, 0.3) is 0 Å². The van der Waals surface area contributed by atoms with Gasteiger partial charge in [0.2, 0.25) is 0 Å². The molecule has 0 bridgehead atoms. The minimum absolute atomic E-state index is 0.0731. The van der Waals surface area contributed by atoms with Crippen LogP contribution in [0.3, 0.4) is 0 Å². The van der Waals surface area contributed by atoms with Gasteiger partial charge in [0, 0.05) is 6.26 Å². The lowest BCUT2D eigenvalue weighted by atomic mass is 10.1. The van der Waals surface area contributed by atoms with Crippen molar-refractivity contribution < 1.29 is 21.9 Å². The van der Waals surface area contributed by atoms with Gasteiger partial charge in [-0.3, -0.25) is 0 Å². The normalized spacial score (nSPS) is 17.2. The number of nitrogens with zero attached hydrogens (tertiary/aromatic N) is 1. The topological polar surface area (TPSA) is 72.0 Å². The molecule has 1 heterocycles. The Morgan fingerprint density at radius 1 is 1.17 bits per heavy atom. The average Bonchev–Trinajstić information content (AvgIpc) is 3.24. The van der Waals surface area contributed by atoms with Crippen LogP contribution in [0.15, 0.2) is 41.4 Å². The number of sulfone groups is 1. The monoisotopic (exact) mass is 452 g/mol. The van der Waals surface area contributed by atoms with Crippen molar-refractivity contribution >= 4 is 21.4 Å². The maximum absolute atomic E-state index is 13.7. The molecule has 2 unspecified atom stereocenters. The second kappa shape index (κ2) is 7.76. The predicted molar refractivity (Wildman–Crippen MR) is 108 cm³/mol. The lowest BCUT2D eigenvalue weighted by Crippen LogP contribution is -2.19. The third-order valence-corrected chi connectivity index (χ3v) is 6.49. The zero-order valence-electron chi connectivity index (χ0n) is 16.2. The molecule has 9 heteroatoms. The van der Waals surface area contributed by atoms with Gasteiger partial charge in [-0.2, -0.15) is 0 Å². The third-order valence-electron chi connectivity index (χ3n) is 5.10. The van der Waals surface area contributed by atoms with E-state index in [0.717, 1.165) is 17.4 Å². The Labute approximate surface area is 178 Å². The van der Waals surface area contributed by atoms with Crippen LogP contribution >= 0.6 is 11.6 Å². The Kier molecular flexibility index (Phi) is 5.42. The summed E-state index contributed by atoms with van der Waals surface area (Å²) in [5, 5.41) is -0.152. The number of H-pyrrole nitrogens is 1. The van der Waals surface area contributed by atoms with Crippen molar-refractivity contribution in [1.29, 1.82) is 0 Å². The van der Waals surface area contributed by atoms with Gasteiger partial charge >= 0.3 is 0 Å². The molecule has 0 saturated heterocycles. The van der Waals surface area contributed by atoms with Crippen molar-refractivity contribution in [1.82, 2.24) is 9.97 Å². The Morgan fingerprint density at radius 2 is 1.90 bits per heavy atom. The lowest BCUT2D eigenvalue weighted by Gasteiger charge is -2.21. The van der Waals surface area contributed by atoms with Crippen molar-refractivity contribution in [3.05, 3.63) is 81.3 Å². The van der Waals surface area contributed by atoms with E-state index in [0.29, 0.717) is 24.1 Å². The molecular weight excluding hydrogens is 434 g/mol. The number of fused-ring (bicyclic) bond motifs is 1. The van der Waals surface area contributed by atoms with Crippen molar-refractivity contribution in [2.24, 2.45) is 0 Å². The maximum atomic E-state index is 13.7. The Bertz CT molecular complexity index is 1230. The van der Waals surface area contributed by atoms with Gasteiger partial charge in [0.15, 0.2) is 14.9 Å². The molecule has 1 aromatic heterocycles. The van der Waals surface area contributed by atoms with Crippen LogP contribution in [0, 0.1) is 18.6 Å². The van der Waals surface area contributed by atoms with E-state index in [4.69, 9.17) is 16.3 Å². The van der Waals surface area contributed by atoms with Crippen molar-refractivity contribution in [3.63, 3.8) is 0 Å². The number of benzene rings is 2. The molecule has 1 aliphatic carbocycles. The molecule has 158 valence electrons. The summed E-state index contributed by atoms with van der Waals surface area (Å²) in [5.41, 5.74) is 2.76. The van der Waals surface area contributed by atoms with E-state index in [-0.39, 0.29) is 27.8 Å². The second-order valence-electron chi connectivity index (χ2n) is 7.46. The summed E-state index contributed by atoms with van der Waals surface area (Å²) in [6.07, 6.45) is 1.05. The van der Waals surface area contributed by atoms with Gasteiger partial charge in [0.05, 0.1) is 16.8 Å². The van der Waals surface area contributed by atoms with Crippen LogP contribution in [0.5, 0.6) is 0 Å². The Morgan fingerprint density at radius 3 is 2.57 bits per heavy atom. The van der Waals surface area contributed by atoms with Gasteiger partial charge in [0.1, 0.15) is 23.6 Å². The molecule has 5 nitrogen and oxygen atoms in total. The number of halogens is 3. The number of imidazole rings is 1. The minimum Gasteiger partial charge on any atom is -0.362 e. The summed E-state index contributed by atoms with van der Waals surface area (Å²) in [6, 6.07) is 8.80. The average molecular weight is 453 g/mol. The van der Waals surface area contributed by atoms with Crippen molar-refractivity contribution in [2.45, 2.75) is 37.0 Å². The number of rotatable bonds is 5. The van der Waals surface area contributed by atoms with Crippen LogP contribution in [0.4, 0.5) is 8.78 Å². The largest absolute Gasteiger partial charge is 0.362 e. The van der Waals surface area contributed by atoms with E-state index in [2.05, 4.69) is 9.97 Å². The van der Waals surface area contributed by atoms with E-state index in [9.17, 15) is 17.2 Å². The van der Waals surface area contributed by atoms with Crippen LogP contribution in [0.2, 0.25) is 5.02 Å². The molecule has 0 aliphatic heterocycles. The number of ether oxygens (including phenoxy) is 1. The maximum Gasteiger partial charge on any atom is 0.194 e. The number of aromatic amines is 1. The number of aryl methyl sites for hydroxylation is 1. The highest BCUT2D eigenvalue weighted by Crippen LogP contribution is 2.34. The Balaban J connectivity index is 1.71. The van der Waals surface area contributed by atoms with E-state index < -0.39 is 21.8 Å². The van der Waals surface area contributed by atoms with Gasteiger partial charge in [-0.15, -0.1) is 0 Å². The van der Waals surface area contributed by atoms with E-state index in [1.54, 1.807) is 13.0 Å². The highest BCUT2D eigenvalue weighted by Gasteiger charge is 2.30. The van der Waals surface area contributed by atoms with Crippen LogP contribution in [0.1, 0.15) is 34.3 Å². The number of hydrogen-bond acceptors (Lipinski definition) is 4. The number of nitrogens with one attached hydrogen (secondary N) is 1. The first-order chi connectivity index (χ1) is 14.1. The molecule has 0 radical (unpaired) electrons. The summed E-state index contributed by atoms with van der Waals surface area (Å²) in [7, 11) is -3.54. The fraction of sp³-hybridized carbons (Fsp3) is 0.286. The second-order valence-corrected chi connectivity index (χ2v) is 9.80. The first-order valence-corrected chi connectivity index (χ1v) is 11.5. The lowest BCUT2D eigenvalue weighted by molar-refractivity contribution is 0.0105. The molecule has 2 aromatic carbocycles.